The zero-order valence-corrected chi connectivity index (χ0v) is 26.8. The number of imidazole rings is 1. The number of para-hydroxylation sites is 2. The molecular weight excluding hydrogens is 584 g/mol. The zero-order chi connectivity index (χ0) is 31.8. The highest BCUT2D eigenvalue weighted by molar-refractivity contribution is 5.85. The van der Waals surface area contributed by atoms with Crippen molar-refractivity contribution < 1.29 is 14.3 Å². The van der Waals surface area contributed by atoms with Crippen molar-refractivity contribution >= 4 is 33.9 Å². The molecule has 7 rings (SSSR count). The van der Waals surface area contributed by atoms with Gasteiger partial charge >= 0.3 is 11.8 Å². The van der Waals surface area contributed by atoms with E-state index >= 15 is 0 Å². The van der Waals surface area contributed by atoms with E-state index in [4.69, 9.17) is 4.74 Å². The van der Waals surface area contributed by atoms with Gasteiger partial charge in [0, 0.05) is 63.2 Å². The lowest BCUT2D eigenvalue weighted by molar-refractivity contribution is -0.143. The first kappa shape index (κ1) is 30.5. The summed E-state index contributed by atoms with van der Waals surface area (Å²) >= 11 is 0. The van der Waals surface area contributed by atoms with Crippen LogP contribution in [0, 0.1) is 6.92 Å². The molecule has 5 heterocycles. The van der Waals surface area contributed by atoms with Gasteiger partial charge in [-0.25, -0.2) is 9.59 Å². The molecule has 3 saturated heterocycles. The fraction of sp³-hybridized carbons (Fsp3) is 0.529. The van der Waals surface area contributed by atoms with Crippen molar-refractivity contribution in [2.45, 2.75) is 57.2 Å². The van der Waals surface area contributed by atoms with Crippen LogP contribution in [0.3, 0.4) is 0 Å². The summed E-state index contributed by atoms with van der Waals surface area (Å²) in [6.07, 6.45) is 4.24. The molecule has 2 amide bonds. The van der Waals surface area contributed by atoms with Crippen LogP contribution in [0.4, 0.5) is 4.79 Å². The molecule has 1 unspecified atom stereocenters. The van der Waals surface area contributed by atoms with E-state index < -0.39 is 12.2 Å². The summed E-state index contributed by atoms with van der Waals surface area (Å²) in [7, 11) is 2.17. The van der Waals surface area contributed by atoms with Gasteiger partial charge in [0.15, 0.2) is 6.10 Å². The molecule has 3 fully saturated rings. The Hall–Kier alpha value is -4.16. The number of aromatic amines is 2. The predicted molar refractivity (Wildman–Crippen MR) is 176 cm³/mol. The molecule has 46 heavy (non-hydrogen) atoms. The summed E-state index contributed by atoms with van der Waals surface area (Å²) in [5, 5.41) is 8.17. The van der Waals surface area contributed by atoms with Gasteiger partial charge in [-0.3, -0.25) is 19.4 Å². The lowest BCUT2D eigenvalue weighted by Gasteiger charge is -2.42. The first-order chi connectivity index (χ1) is 22.3. The second-order valence-electron chi connectivity index (χ2n) is 13.3. The number of fused-ring (bicyclic) bond motifs is 2. The van der Waals surface area contributed by atoms with Crippen molar-refractivity contribution in [1.29, 1.82) is 0 Å². The van der Waals surface area contributed by atoms with Crippen LogP contribution in [-0.2, 0) is 16.0 Å². The number of piperidine rings is 2. The molecule has 12 heteroatoms. The highest BCUT2D eigenvalue weighted by Crippen LogP contribution is 2.27. The number of amides is 2. The average molecular weight is 629 g/mol. The first-order valence-electron chi connectivity index (χ1n) is 16.6. The molecule has 4 aromatic rings. The molecule has 0 spiro atoms. The molecule has 2 N–H and O–H groups in total. The van der Waals surface area contributed by atoms with Crippen LogP contribution in [0.2, 0.25) is 0 Å². The molecule has 3 aliphatic rings. The van der Waals surface area contributed by atoms with Crippen LogP contribution in [0.15, 0.2) is 47.4 Å². The third-order valence-corrected chi connectivity index (χ3v) is 10.3. The highest BCUT2D eigenvalue weighted by atomic mass is 16.6. The van der Waals surface area contributed by atoms with Crippen LogP contribution >= 0.6 is 0 Å². The monoisotopic (exact) mass is 628 g/mol. The van der Waals surface area contributed by atoms with Gasteiger partial charge in [0.05, 0.1) is 22.7 Å². The molecular formula is C34H44N8O4. The van der Waals surface area contributed by atoms with Crippen LogP contribution in [0.1, 0.15) is 42.9 Å². The number of hydrogen-bond donors (Lipinski definition) is 2. The van der Waals surface area contributed by atoms with Crippen LogP contribution in [-0.4, -0.2) is 123 Å². The standard InChI is InChI=1S/C34H44N8O4/c1-23-19-24(20-25-22-35-37-31(23)25)21-30(32(43)40-17-15-39(16-18-40)26-7-11-38(2)12-8-26)46-34(45)41-13-9-27(10-14-41)42-29-6-4-3-5-28(29)36-33(42)44/h3-6,19-20,22,26-27,30H,7-18,21H2,1-2H3,(H,35,37)(H,36,44). The Morgan fingerprint density at radius 1 is 0.935 bits per heavy atom. The number of ether oxygens (including phenoxy) is 1. The fourth-order valence-corrected chi connectivity index (χ4v) is 7.63. The largest absolute Gasteiger partial charge is 0.436 e. The molecule has 0 bridgehead atoms. The number of aromatic nitrogens is 4. The summed E-state index contributed by atoms with van der Waals surface area (Å²) in [5.41, 5.74) is 4.48. The van der Waals surface area contributed by atoms with Crippen molar-refractivity contribution in [3.8, 4) is 0 Å². The van der Waals surface area contributed by atoms with E-state index in [-0.39, 0.29) is 17.6 Å². The summed E-state index contributed by atoms with van der Waals surface area (Å²) < 4.78 is 7.91. The minimum Gasteiger partial charge on any atom is -0.436 e. The number of rotatable bonds is 6. The van der Waals surface area contributed by atoms with Crippen molar-refractivity contribution in [2.75, 3.05) is 59.4 Å². The van der Waals surface area contributed by atoms with E-state index in [9.17, 15) is 14.4 Å². The predicted octanol–water partition coefficient (Wildman–Crippen LogP) is 3.14. The number of benzene rings is 2. The van der Waals surface area contributed by atoms with Crippen molar-refractivity contribution in [3.05, 3.63) is 64.2 Å². The number of aryl methyl sites for hydroxylation is 1. The number of likely N-dealkylation sites (tertiary alicyclic amines) is 2. The molecule has 0 saturated carbocycles. The van der Waals surface area contributed by atoms with Gasteiger partial charge in [-0.2, -0.15) is 5.10 Å². The molecule has 2 aromatic carbocycles. The summed E-state index contributed by atoms with van der Waals surface area (Å²) in [5.74, 6) is -0.137. The maximum atomic E-state index is 14.1. The number of nitrogens with one attached hydrogen (secondary N) is 2. The lowest BCUT2D eigenvalue weighted by Crippen LogP contribution is -2.56. The van der Waals surface area contributed by atoms with Crippen LogP contribution in [0.5, 0.6) is 0 Å². The second-order valence-corrected chi connectivity index (χ2v) is 13.3. The van der Waals surface area contributed by atoms with E-state index in [0.29, 0.717) is 51.5 Å². The fourth-order valence-electron chi connectivity index (χ4n) is 7.63. The van der Waals surface area contributed by atoms with Crippen molar-refractivity contribution in [2.24, 2.45) is 0 Å². The maximum absolute atomic E-state index is 14.1. The van der Waals surface area contributed by atoms with E-state index in [2.05, 4.69) is 32.0 Å². The van der Waals surface area contributed by atoms with Gasteiger partial charge in [-0.05, 0) is 82.1 Å². The summed E-state index contributed by atoms with van der Waals surface area (Å²) in [6, 6.07) is 12.3. The zero-order valence-electron chi connectivity index (χ0n) is 26.8. The first-order valence-corrected chi connectivity index (χ1v) is 16.6. The van der Waals surface area contributed by atoms with E-state index in [1.807, 2.05) is 52.8 Å². The molecule has 0 aliphatic carbocycles. The van der Waals surface area contributed by atoms with Gasteiger partial charge in [0.2, 0.25) is 0 Å². The van der Waals surface area contributed by atoms with Gasteiger partial charge in [-0.1, -0.05) is 18.2 Å². The number of H-pyrrole nitrogens is 2. The number of carbonyl (C=O) groups is 2. The minimum atomic E-state index is -0.930. The van der Waals surface area contributed by atoms with Gasteiger partial charge < -0.3 is 24.4 Å². The number of hydrogen-bond acceptors (Lipinski definition) is 7. The molecule has 12 nitrogen and oxygen atoms in total. The average Bonchev–Trinajstić information content (AvgIpc) is 3.68. The maximum Gasteiger partial charge on any atom is 0.410 e. The molecule has 0 radical (unpaired) electrons. The quantitative estimate of drug-likeness (QED) is 0.337. The Morgan fingerprint density at radius 3 is 2.41 bits per heavy atom. The molecule has 1 atom stereocenters. The second kappa shape index (κ2) is 12.9. The van der Waals surface area contributed by atoms with E-state index in [1.54, 1.807) is 11.1 Å². The minimum absolute atomic E-state index is 0.0179. The van der Waals surface area contributed by atoms with Crippen LogP contribution in [0.25, 0.3) is 21.9 Å². The van der Waals surface area contributed by atoms with Crippen molar-refractivity contribution in [1.82, 2.24) is 39.3 Å². The van der Waals surface area contributed by atoms with Gasteiger partial charge in [0.1, 0.15) is 0 Å². The molecule has 2 aromatic heterocycles. The summed E-state index contributed by atoms with van der Waals surface area (Å²) in [6.45, 7) is 8.06. The lowest BCUT2D eigenvalue weighted by atomic mass is 10.0. The highest BCUT2D eigenvalue weighted by Gasteiger charge is 2.35. The number of piperazine rings is 1. The SMILES string of the molecule is Cc1cc(CC(OC(=O)N2CCC(n3c(=O)[nH]c4ccccc43)CC2)C(=O)N2CCN(C3CCN(C)CC3)CC2)cc2cn[nH]c12. The molecule has 244 valence electrons. The Bertz CT molecular complexity index is 1750. The third-order valence-electron chi connectivity index (χ3n) is 10.3. The van der Waals surface area contributed by atoms with Gasteiger partial charge in [-0.15, -0.1) is 0 Å². The normalized spacial score (nSPS) is 20.0. The van der Waals surface area contributed by atoms with E-state index in [1.165, 1.54) is 0 Å². The van der Waals surface area contributed by atoms with Crippen LogP contribution < -0.4 is 5.69 Å². The Kier molecular flexibility index (Phi) is 8.56. The van der Waals surface area contributed by atoms with Crippen molar-refractivity contribution in [3.63, 3.8) is 0 Å². The van der Waals surface area contributed by atoms with Gasteiger partial charge in [0.25, 0.3) is 5.91 Å². The smallest absolute Gasteiger partial charge is 0.410 e. The topological polar surface area (TPSA) is 123 Å². The number of nitrogens with zero attached hydrogens (tertiary/aromatic N) is 6. The number of carbonyl (C=O) groups excluding carboxylic acids is 2. The van der Waals surface area contributed by atoms with E-state index in [0.717, 1.165) is 72.1 Å². The summed E-state index contributed by atoms with van der Waals surface area (Å²) in [4.78, 5) is 51.8. The Labute approximate surface area is 268 Å². The molecule has 3 aliphatic heterocycles. The third kappa shape index (κ3) is 6.15. The Morgan fingerprint density at radius 2 is 1.65 bits per heavy atom. The Balaban J connectivity index is 1.03.